The van der Waals surface area contributed by atoms with Crippen LogP contribution in [-0.4, -0.2) is 18.6 Å². The van der Waals surface area contributed by atoms with Crippen molar-refractivity contribution in [3.05, 3.63) is 84.4 Å². The number of fused-ring (bicyclic) bond motifs is 1. The molecule has 3 aromatic rings. The third-order valence-corrected chi connectivity index (χ3v) is 4.78. The van der Waals surface area contributed by atoms with Gasteiger partial charge in [-0.1, -0.05) is 66.7 Å². The molecule has 0 aromatic heterocycles. The maximum absolute atomic E-state index is 13.0. The summed E-state index contributed by atoms with van der Waals surface area (Å²) in [5, 5.41) is 0. The van der Waals surface area contributed by atoms with Crippen molar-refractivity contribution in [2.45, 2.75) is 19.4 Å². The number of rotatable bonds is 4. The number of nitrogens with zero attached hydrogens (tertiary/aromatic N) is 1. The fourth-order valence-electron chi connectivity index (χ4n) is 3.45. The highest BCUT2D eigenvalue weighted by Gasteiger charge is 2.29. The average molecular weight is 343 g/mol. The standard InChI is InChI=1S/C23H21NO2/c1-17(23(25)24-16-15-19-11-5-7-13-21(19)24)26-22-14-8-6-12-20(22)18-9-3-2-4-10-18/h2-14,17H,15-16H2,1H3. The molecule has 0 radical (unpaired) electrons. The summed E-state index contributed by atoms with van der Waals surface area (Å²) in [5.41, 5.74) is 4.30. The van der Waals surface area contributed by atoms with Crippen LogP contribution in [0, 0.1) is 0 Å². The molecule has 3 heteroatoms. The Kier molecular flexibility index (Phi) is 4.44. The molecule has 3 nitrogen and oxygen atoms in total. The molecule has 0 saturated carbocycles. The first-order chi connectivity index (χ1) is 12.7. The van der Waals surface area contributed by atoms with Gasteiger partial charge in [0.05, 0.1) is 0 Å². The third kappa shape index (κ3) is 3.08. The zero-order chi connectivity index (χ0) is 17.9. The Hall–Kier alpha value is -3.07. The normalized spacial score (nSPS) is 14.0. The lowest BCUT2D eigenvalue weighted by atomic mass is 10.0. The Balaban J connectivity index is 1.56. The molecule has 4 rings (SSSR count). The van der Waals surface area contributed by atoms with Crippen LogP contribution in [-0.2, 0) is 11.2 Å². The van der Waals surface area contributed by atoms with Gasteiger partial charge in [0, 0.05) is 17.8 Å². The molecule has 1 aliphatic rings. The zero-order valence-electron chi connectivity index (χ0n) is 14.8. The van der Waals surface area contributed by atoms with Crippen LogP contribution in [0.5, 0.6) is 5.75 Å². The highest BCUT2D eigenvalue weighted by molar-refractivity contribution is 5.98. The van der Waals surface area contributed by atoms with Gasteiger partial charge in [0.15, 0.2) is 6.10 Å². The number of amides is 1. The Labute approximate surface area is 153 Å². The summed E-state index contributed by atoms with van der Waals surface area (Å²) < 4.78 is 6.10. The lowest BCUT2D eigenvalue weighted by Crippen LogP contribution is -2.39. The number of para-hydroxylation sites is 2. The summed E-state index contributed by atoms with van der Waals surface area (Å²) in [6.45, 7) is 2.54. The van der Waals surface area contributed by atoms with Gasteiger partial charge in [-0.05, 0) is 36.6 Å². The van der Waals surface area contributed by atoms with Crippen LogP contribution in [0.2, 0.25) is 0 Å². The van der Waals surface area contributed by atoms with E-state index in [-0.39, 0.29) is 5.91 Å². The molecule has 1 aliphatic heterocycles. The van der Waals surface area contributed by atoms with E-state index in [0.29, 0.717) is 6.54 Å². The van der Waals surface area contributed by atoms with Gasteiger partial charge in [0.1, 0.15) is 5.75 Å². The molecule has 0 fully saturated rings. The number of anilines is 1. The van der Waals surface area contributed by atoms with Crippen LogP contribution in [0.25, 0.3) is 11.1 Å². The van der Waals surface area contributed by atoms with Crippen molar-refractivity contribution in [2.24, 2.45) is 0 Å². The van der Waals surface area contributed by atoms with Crippen molar-refractivity contribution < 1.29 is 9.53 Å². The average Bonchev–Trinajstić information content (AvgIpc) is 3.12. The summed E-state index contributed by atoms with van der Waals surface area (Å²) in [5.74, 6) is 0.727. The minimum Gasteiger partial charge on any atom is -0.480 e. The monoisotopic (exact) mass is 343 g/mol. The molecule has 130 valence electrons. The molecule has 0 bridgehead atoms. The van der Waals surface area contributed by atoms with Gasteiger partial charge in [-0.25, -0.2) is 0 Å². The van der Waals surface area contributed by atoms with Crippen molar-refractivity contribution >= 4 is 11.6 Å². The van der Waals surface area contributed by atoms with Gasteiger partial charge in [-0.2, -0.15) is 0 Å². The van der Waals surface area contributed by atoms with Crippen LogP contribution in [0.1, 0.15) is 12.5 Å². The lowest BCUT2D eigenvalue weighted by Gasteiger charge is -2.23. The van der Waals surface area contributed by atoms with E-state index in [9.17, 15) is 4.79 Å². The van der Waals surface area contributed by atoms with Crippen LogP contribution >= 0.6 is 0 Å². The van der Waals surface area contributed by atoms with Gasteiger partial charge in [-0.15, -0.1) is 0 Å². The molecule has 0 aliphatic carbocycles. The predicted octanol–water partition coefficient (Wildman–Crippen LogP) is 4.71. The minimum atomic E-state index is -0.550. The summed E-state index contributed by atoms with van der Waals surface area (Å²) in [7, 11) is 0. The van der Waals surface area contributed by atoms with Crippen LogP contribution in [0.15, 0.2) is 78.9 Å². The summed E-state index contributed by atoms with van der Waals surface area (Å²) in [6, 6.07) is 26.0. The second-order valence-corrected chi connectivity index (χ2v) is 6.49. The van der Waals surface area contributed by atoms with E-state index < -0.39 is 6.10 Å². The number of ether oxygens (including phenoxy) is 1. The van der Waals surface area contributed by atoms with Crippen molar-refractivity contribution in [3.8, 4) is 16.9 Å². The Morgan fingerprint density at radius 3 is 2.46 bits per heavy atom. The molecule has 1 unspecified atom stereocenters. The number of benzene rings is 3. The highest BCUT2D eigenvalue weighted by atomic mass is 16.5. The largest absolute Gasteiger partial charge is 0.480 e. The van der Waals surface area contributed by atoms with Crippen LogP contribution in [0.3, 0.4) is 0 Å². The molecular formula is C23H21NO2. The predicted molar refractivity (Wildman–Crippen MR) is 104 cm³/mol. The smallest absolute Gasteiger partial charge is 0.267 e. The molecule has 1 amide bonds. The quantitative estimate of drug-likeness (QED) is 0.686. The van der Waals surface area contributed by atoms with E-state index in [1.807, 2.05) is 84.6 Å². The zero-order valence-corrected chi connectivity index (χ0v) is 14.8. The van der Waals surface area contributed by atoms with E-state index in [2.05, 4.69) is 6.07 Å². The van der Waals surface area contributed by atoms with Crippen LogP contribution in [0.4, 0.5) is 5.69 Å². The van der Waals surface area contributed by atoms with Crippen molar-refractivity contribution in [3.63, 3.8) is 0 Å². The summed E-state index contributed by atoms with van der Waals surface area (Å²) >= 11 is 0. The van der Waals surface area contributed by atoms with Gasteiger partial charge in [0.25, 0.3) is 5.91 Å². The van der Waals surface area contributed by atoms with Gasteiger partial charge in [-0.3, -0.25) is 4.79 Å². The van der Waals surface area contributed by atoms with E-state index in [1.54, 1.807) is 0 Å². The van der Waals surface area contributed by atoms with Gasteiger partial charge < -0.3 is 9.64 Å². The topological polar surface area (TPSA) is 29.5 Å². The molecule has 3 aromatic carbocycles. The molecule has 1 heterocycles. The number of hydrogen-bond acceptors (Lipinski definition) is 2. The van der Waals surface area contributed by atoms with Crippen LogP contribution < -0.4 is 9.64 Å². The third-order valence-electron chi connectivity index (χ3n) is 4.78. The van der Waals surface area contributed by atoms with E-state index >= 15 is 0 Å². The first-order valence-corrected chi connectivity index (χ1v) is 8.94. The SMILES string of the molecule is CC(Oc1ccccc1-c1ccccc1)C(=O)N1CCc2ccccc21. The molecule has 0 saturated heterocycles. The van der Waals surface area contributed by atoms with E-state index in [1.165, 1.54) is 5.56 Å². The molecule has 0 N–H and O–H groups in total. The molecular weight excluding hydrogens is 322 g/mol. The first kappa shape index (κ1) is 16.4. The molecule has 1 atom stereocenters. The molecule has 0 spiro atoms. The fraction of sp³-hybridized carbons (Fsp3) is 0.174. The van der Waals surface area contributed by atoms with Gasteiger partial charge >= 0.3 is 0 Å². The van der Waals surface area contributed by atoms with Crippen molar-refractivity contribution in [1.82, 2.24) is 0 Å². The second kappa shape index (κ2) is 7.04. The maximum atomic E-state index is 13.0. The Bertz CT molecular complexity index is 920. The number of carbonyl (C=O) groups excluding carboxylic acids is 1. The summed E-state index contributed by atoms with van der Waals surface area (Å²) in [4.78, 5) is 14.8. The lowest BCUT2D eigenvalue weighted by molar-refractivity contribution is -0.124. The second-order valence-electron chi connectivity index (χ2n) is 6.49. The van der Waals surface area contributed by atoms with Gasteiger partial charge in [0.2, 0.25) is 0 Å². The highest BCUT2D eigenvalue weighted by Crippen LogP contribution is 2.32. The first-order valence-electron chi connectivity index (χ1n) is 8.94. The number of carbonyl (C=O) groups is 1. The van der Waals surface area contributed by atoms with E-state index in [0.717, 1.165) is 29.0 Å². The summed E-state index contributed by atoms with van der Waals surface area (Å²) in [6.07, 6.45) is 0.348. The minimum absolute atomic E-state index is 0.00202. The molecule has 26 heavy (non-hydrogen) atoms. The Morgan fingerprint density at radius 1 is 0.923 bits per heavy atom. The fourth-order valence-corrected chi connectivity index (χ4v) is 3.45. The maximum Gasteiger partial charge on any atom is 0.267 e. The Morgan fingerprint density at radius 2 is 1.62 bits per heavy atom. The van der Waals surface area contributed by atoms with Crippen molar-refractivity contribution in [2.75, 3.05) is 11.4 Å². The van der Waals surface area contributed by atoms with Crippen molar-refractivity contribution in [1.29, 1.82) is 0 Å². The number of hydrogen-bond donors (Lipinski definition) is 0. The van der Waals surface area contributed by atoms with E-state index in [4.69, 9.17) is 4.74 Å².